The maximum atomic E-state index is 9.75. The SMILES string of the molecule is CO.CO.Cc1cc(C)c(-n2n[n+](C)c(-c3cccc(-c4c(I)n(-c5c(C)cc(C)cc5C)n[n+]4C)c3)c2I)c(C)c1.Cc1cc(C)c(-n2n[n+](C)c(-c3cccc(-c4c(I)n(-c5c(C)cc(C)cc5C)n[n+]4C)c3)c2I)c(C)c1.F[B-](F)(F)F.F[B-](F)(F)F.F[B-](F)(F)F.F[B-](F)(F)F. The Morgan fingerprint density at radius 3 is 0.540 bits per heavy atom. The second-order valence-corrected chi connectivity index (χ2v) is 26.5. The highest BCUT2D eigenvalue weighted by Crippen LogP contribution is 2.35. The molecule has 0 radical (unpaired) electrons. The van der Waals surface area contributed by atoms with E-state index in [2.05, 4.69) is 289 Å². The van der Waals surface area contributed by atoms with Gasteiger partial charge in [-0.1, -0.05) is 126 Å². The van der Waals surface area contributed by atoms with Crippen molar-refractivity contribution in [1.29, 1.82) is 0 Å². The summed E-state index contributed by atoms with van der Waals surface area (Å²) in [4.78, 5) is 0. The number of aromatic nitrogens is 12. The second kappa shape index (κ2) is 36.8. The normalized spacial score (nSPS) is 11.2. The standard InChI is InChI=1S/2C30H32I2N6.2CH4O.4BF4/c2*1-17-12-19(3)25(20(4)13-17)37-29(31)27(35(7)33-37)23-10-9-11-24(16-23)28-30(32)38(34-36(28)8)26-21(5)14-18(2)15-22(26)6;2*1-2;4*2-1(3,4)5/h2*9-16H,1-8H3;2*2H,1H3;;;;/q2*+2;;;4*-1. The van der Waals surface area contributed by atoms with E-state index in [9.17, 15) is 69.1 Å². The number of aliphatic hydroxyl groups is 2. The second-order valence-electron chi connectivity index (χ2n) is 22.4. The van der Waals surface area contributed by atoms with Crippen LogP contribution in [0.3, 0.4) is 0 Å². The molecule has 10 aromatic rings. The van der Waals surface area contributed by atoms with E-state index in [0.717, 1.165) is 96.8 Å². The molecule has 544 valence electrons. The maximum absolute atomic E-state index is 9.75. The summed E-state index contributed by atoms with van der Waals surface area (Å²) in [7, 11) is -13.9. The van der Waals surface area contributed by atoms with Crippen molar-refractivity contribution in [3.8, 4) is 67.8 Å². The molecular formula is C62H72B4F16I4N12O2. The number of nitrogens with zero attached hydrogens (tertiary/aromatic N) is 12. The van der Waals surface area contributed by atoms with Crippen LogP contribution in [0.2, 0.25) is 0 Å². The zero-order valence-corrected chi connectivity index (χ0v) is 66.0. The topological polar surface area (TPSA) is 127 Å². The number of hydrogen-bond acceptors (Lipinski definition) is 6. The molecule has 0 aliphatic rings. The van der Waals surface area contributed by atoms with Crippen LogP contribution >= 0.6 is 90.4 Å². The van der Waals surface area contributed by atoms with Crippen molar-refractivity contribution < 1.29 is 98.0 Å². The zero-order chi connectivity index (χ0) is 76.9. The Morgan fingerprint density at radius 1 is 0.280 bits per heavy atom. The Balaban J connectivity index is 0.000000394. The number of halogens is 20. The molecular weight excluding hydrogens is 1800 g/mol. The van der Waals surface area contributed by atoms with Crippen molar-refractivity contribution in [2.24, 2.45) is 28.2 Å². The summed E-state index contributed by atoms with van der Waals surface area (Å²) in [5.74, 6) is 0. The van der Waals surface area contributed by atoms with Gasteiger partial charge in [-0.3, -0.25) is 0 Å². The predicted octanol–water partition coefficient (Wildman–Crippen LogP) is 16.6. The van der Waals surface area contributed by atoms with E-state index in [1.54, 1.807) is 0 Å². The van der Waals surface area contributed by atoms with Crippen molar-refractivity contribution in [2.45, 2.75) is 83.1 Å². The van der Waals surface area contributed by atoms with Crippen molar-refractivity contribution in [1.82, 2.24) is 39.6 Å². The summed E-state index contributed by atoms with van der Waals surface area (Å²) < 4.78 is 177. The molecule has 0 aliphatic carbocycles. The van der Waals surface area contributed by atoms with Crippen LogP contribution in [0, 0.1) is 97.9 Å². The number of rotatable bonds is 8. The monoisotopic (exact) mass is 1870 g/mol. The number of aliphatic hydroxyl groups excluding tert-OH is 2. The molecule has 2 N–H and O–H groups in total. The third-order valence-electron chi connectivity index (χ3n) is 13.9. The van der Waals surface area contributed by atoms with Crippen LogP contribution < -0.4 is 18.7 Å². The van der Waals surface area contributed by atoms with E-state index < -0.39 is 29.0 Å². The first-order valence-electron chi connectivity index (χ1n) is 29.5. The van der Waals surface area contributed by atoms with Crippen molar-refractivity contribution in [3.05, 3.63) is 179 Å². The molecule has 0 saturated carbocycles. The first-order chi connectivity index (χ1) is 45.9. The molecule has 0 saturated heterocycles. The predicted molar refractivity (Wildman–Crippen MR) is 393 cm³/mol. The van der Waals surface area contributed by atoms with Gasteiger partial charge in [-0.05, 0) is 140 Å². The van der Waals surface area contributed by atoms with Crippen molar-refractivity contribution in [3.63, 3.8) is 0 Å². The lowest BCUT2D eigenvalue weighted by molar-refractivity contribution is -0.722. The molecule has 0 fully saturated rings. The highest BCUT2D eigenvalue weighted by Gasteiger charge is 2.33. The maximum Gasteiger partial charge on any atom is 0.673 e. The summed E-state index contributed by atoms with van der Waals surface area (Å²) >= 11 is 9.71. The van der Waals surface area contributed by atoms with Gasteiger partial charge in [0, 0.05) is 127 Å². The van der Waals surface area contributed by atoms with Gasteiger partial charge < -0.3 is 79.3 Å². The third-order valence-corrected chi connectivity index (χ3v) is 17.8. The van der Waals surface area contributed by atoms with Crippen LogP contribution in [-0.2, 0) is 28.2 Å². The van der Waals surface area contributed by atoms with E-state index in [1.165, 1.54) is 66.8 Å². The van der Waals surface area contributed by atoms with Crippen molar-refractivity contribution in [2.75, 3.05) is 14.2 Å². The lowest BCUT2D eigenvalue weighted by Crippen LogP contribution is -2.34. The van der Waals surface area contributed by atoms with Gasteiger partial charge in [-0.2, -0.15) is 0 Å². The molecule has 0 spiro atoms. The first-order valence-corrected chi connectivity index (χ1v) is 33.8. The molecule has 10 rings (SSSR count). The quantitative estimate of drug-likeness (QED) is 0.0675. The lowest BCUT2D eigenvalue weighted by atomic mass is 10.0. The molecule has 4 aromatic heterocycles. The summed E-state index contributed by atoms with van der Waals surface area (Å²) in [6.07, 6.45) is 0. The zero-order valence-electron chi connectivity index (χ0n) is 57.4. The summed E-state index contributed by atoms with van der Waals surface area (Å²) in [5, 5.41) is 33.7. The van der Waals surface area contributed by atoms with E-state index >= 15 is 0 Å². The van der Waals surface area contributed by atoms with Crippen LogP contribution in [0.15, 0.2) is 97.1 Å². The molecule has 0 aliphatic heterocycles. The van der Waals surface area contributed by atoms with E-state index in [1.807, 2.05) is 46.9 Å². The van der Waals surface area contributed by atoms with Gasteiger partial charge in [-0.25, -0.2) is 0 Å². The largest absolute Gasteiger partial charge is 0.673 e. The average molecular weight is 1870 g/mol. The molecule has 0 amide bonds. The Bertz CT molecular complexity index is 3820. The molecule has 4 heterocycles. The first kappa shape index (κ1) is 88.1. The highest BCUT2D eigenvalue weighted by atomic mass is 127. The Kier molecular flexibility index (Phi) is 32.4. The molecule has 0 atom stereocenters. The van der Waals surface area contributed by atoms with Gasteiger partial charge in [0.1, 0.15) is 28.2 Å². The number of hydrogen-bond donors (Lipinski definition) is 2. The van der Waals surface area contributed by atoms with Gasteiger partial charge in [0.05, 0.1) is 20.9 Å². The molecule has 0 bridgehead atoms. The summed E-state index contributed by atoms with van der Waals surface area (Å²) in [6, 6.07) is 35.1. The van der Waals surface area contributed by atoms with Crippen molar-refractivity contribution >= 4 is 119 Å². The Labute approximate surface area is 623 Å². The van der Waals surface area contributed by atoms with Crippen LogP contribution in [0.4, 0.5) is 69.1 Å². The minimum absolute atomic E-state index is 1.00. The Hall–Kier alpha value is -6.14. The fourth-order valence-electron chi connectivity index (χ4n) is 11.3. The van der Waals surface area contributed by atoms with Gasteiger partial charge in [0.15, 0.2) is 22.7 Å². The van der Waals surface area contributed by atoms with E-state index in [0.29, 0.717) is 0 Å². The van der Waals surface area contributed by atoms with Gasteiger partial charge in [-0.15, -0.1) is 18.7 Å². The number of benzene rings is 6. The fourth-order valence-corrected chi connectivity index (χ4v) is 15.2. The average Bonchev–Trinajstić information content (AvgIpc) is 1.62. The Morgan fingerprint density at radius 2 is 0.410 bits per heavy atom. The summed E-state index contributed by atoms with van der Waals surface area (Å²) in [5.41, 5.74) is 28.2. The van der Waals surface area contributed by atoms with Gasteiger partial charge >= 0.3 is 29.0 Å². The van der Waals surface area contributed by atoms with Gasteiger partial charge in [0.2, 0.25) is 37.6 Å². The highest BCUT2D eigenvalue weighted by molar-refractivity contribution is 14.1. The van der Waals surface area contributed by atoms with E-state index in [4.69, 9.17) is 31.1 Å². The minimum Gasteiger partial charge on any atom is -0.418 e. The minimum atomic E-state index is -6.00. The molecule has 14 nitrogen and oxygen atoms in total. The molecule has 0 unspecified atom stereocenters. The van der Waals surface area contributed by atoms with Crippen LogP contribution in [0.1, 0.15) is 66.8 Å². The van der Waals surface area contributed by atoms with Crippen LogP contribution in [0.25, 0.3) is 67.8 Å². The third kappa shape index (κ3) is 25.1. The van der Waals surface area contributed by atoms with Crippen LogP contribution in [-0.4, -0.2) is 93.0 Å². The van der Waals surface area contributed by atoms with Crippen LogP contribution in [0.5, 0.6) is 0 Å². The summed E-state index contributed by atoms with van der Waals surface area (Å²) in [6.45, 7) is 25.8. The van der Waals surface area contributed by atoms with E-state index in [-0.39, 0.29) is 0 Å². The number of aryl methyl sites for hydroxylation is 16. The lowest BCUT2D eigenvalue weighted by Gasteiger charge is -2.06. The molecule has 38 heteroatoms. The fraction of sp³-hybridized carbons (Fsp3) is 0.290. The van der Waals surface area contributed by atoms with Gasteiger partial charge in [0.25, 0.3) is 0 Å². The smallest absolute Gasteiger partial charge is 0.418 e. The molecule has 100 heavy (non-hydrogen) atoms. The molecule has 6 aromatic carbocycles.